The van der Waals surface area contributed by atoms with Crippen molar-refractivity contribution in [2.45, 2.75) is 45.1 Å². The zero-order chi connectivity index (χ0) is 24.6. The molecule has 1 unspecified atom stereocenters. The summed E-state index contributed by atoms with van der Waals surface area (Å²) in [5.41, 5.74) is 4.04. The predicted molar refractivity (Wildman–Crippen MR) is 104 cm³/mol. The number of amides is 2. The van der Waals surface area contributed by atoms with Crippen molar-refractivity contribution in [2.75, 3.05) is 6.61 Å². The molecule has 0 spiro atoms. The lowest BCUT2D eigenvalue weighted by molar-refractivity contribution is -0.384. The quantitative estimate of drug-likeness (QED) is 0.244. The number of esters is 1. The fourth-order valence-electron chi connectivity index (χ4n) is 2.11. The van der Waals surface area contributed by atoms with E-state index in [1.165, 1.54) is 45.0 Å². The fraction of sp³-hybridized carbons (Fsp3) is 0.444. The standard InChI is InChI=1S/C18H23N3O11/c1-18(2,3)32-17(27)20(13(16(25)26)14(23)15(19)24)31-9-12(22)30-8-10-4-6-11(7-5-10)21(28)29/h4-7,13-14,23H,8-9H2,1-3H3,(H2,19,24)(H,25,26)/t13-,14?/m0/s1. The van der Waals surface area contributed by atoms with Crippen LogP contribution >= 0.6 is 0 Å². The van der Waals surface area contributed by atoms with Gasteiger partial charge in [0, 0.05) is 12.1 Å². The third-order valence-corrected chi connectivity index (χ3v) is 3.54. The summed E-state index contributed by atoms with van der Waals surface area (Å²) in [6.45, 7) is 3.08. The summed E-state index contributed by atoms with van der Waals surface area (Å²) >= 11 is 0. The number of ether oxygens (including phenoxy) is 2. The number of hydroxylamine groups is 2. The van der Waals surface area contributed by atoms with Crippen LogP contribution in [0.25, 0.3) is 0 Å². The number of carboxylic acid groups (broad SMARTS) is 1. The Bertz CT molecular complexity index is 864. The summed E-state index contributed by atoms with van der Waals surface area (Å²) in [6, 6.07) is 2.79. The lowest BCUT2D eigenvalue weighted by Gasteiger charge is -2.31. The van der Waals surface area contributed by atoms with Crippen LogP contribution in [-0.4, -0.2) is 68.5 Å². The van der Waals surface area contributed by atoms with Crippen molar-refractivity contribution in [2.24, 2.45) is 5.73 Å². The van der Waals surface area contributed by atoms with Gasteiger partial charge in [0.25, 0.3) is 5.69 Å². The van der Waals surface area contributed by atoms with Crippen molar-refractivity contribution in [3.05, 3.63) is 39.9 Å². The molecule has 1 aromatic carbocycles. The number of carbonyl (C=O) groups excluding carboxylic acids is 3. The van der Waals surface area contributed by atoms with Gasteiger partial charge in [0.05, 0.1) is 4.92 Å². The number of primary amides is 1. The highest BCUT2D eigenvalue weighted by Gasteiger charge is 2.42. The molecular weight excluding hydrogens is 434 g/mol. The number of nitrogens with two attached hydrogens (primary N) is 1. The average Bonchev–Trinajstić information content (AvgIpc) is 2.67. The van der Waals surface area contributed by atoms with Crippen molar-refractivity contribution in [1.82, 2.24) is 5.06 Å². The maximum Gasteiger partial charge on any atom is 0.435 e. The van der Waals surface area contributed by atoms with Crippen molar-refractivity contribution in [3.63, 3.8) is 0 Å². The topological polar surface area (TPSA) is 209 Å². The Morgan fingerprint density at radius 1 is 1.19 bits per heavy atom. The van der Waals surface area contributed by atoms with E-state index in [-0.39, 0.29) is 17.4 Å². The molecule has 14 heteroatoms. The molecule has 0 saturated heterocycles. The van der Waals surface area contributed by atoms with Crippen LogP contribution in [0.4, 0.5) is 10.5 Å². The molecule has 0 aliphatic heterocycles. The van der Waals surface area contributed by atoms with Gasteiger partial charge in [-0.15, -0.1) is 0 Å². The maximum absolute atomic E-state index is 12.4. The SMILES string of the molecule is CC(C)(C)OC(=O)N(OCC(=O)OCc1ccc([N+](=O)[O-])cc1)[C@H](C(=O)O)C(O)C(N)=O. The number of carbonyl (C=O) groups is 4. The minimum atomic E-state index is -2.38. The molecule has 32 heavy (non-hydrogen) atoms. The van der Waals surface area contributed by atoms with Crippen LogP contribution in [0, 0.1) is 10.1 Å². The van der Waals surface area contributed by atoms with Gasteiger partial charge in [-0.1, -0.05) is 0 Å². The van der Waals surface area contributed by atoms with E-state index in [9.17, 15) is 39.5 Å². The molecule has 0 aromatic heterocycles. The number of aliphatic hydroxyl groups is 1. The summed E-state index contributed by atoms with van der Waals surface area (Å²) in [5.74, 6) is -4.38. The third kappa shape index (κ3) is 8.16. The highest BCUT2D eigenvalue weighted by atomic mass is 16.7. The lowest BCUT2D eigenvalue weighted by Crippen LogP contribution is -2.56. The fourth-order valence-corrected chi connectivity index (χ4v) is 2.11. The molecule has 4 N–H and O–H groups in total. The molecular formula is C18H23N3O11. The summed E-state index contributed by atoms with van der Waals surface area (Å²) in [6.07, 6.45) is -3.79. The second-order valence-electron chi connectivity index (χ2n) is 7.29. The number of hydrogen-bond donors (Lipinski definition) is 3. The van der Waals surface area contributed by atoms with E-state index in [0.29, 0.717) is 5.56 Å². The summed E-state index contributed by atoms with van der Waals surface area (Å²) in [5, 5.41) is 29.8. The van der Waals surface area contributed by atoms with Crippen LogP contribution in [0.5, 0.6) is 0 Å². The molecule has 0 heterocycles. The number of rotatable bonds is 10. The smallest absolute Gasteiger partial charge is 0.435 e. The minimum Gasteiger partial charge on any atom is -0.480 e. The minimum absolute atomic E-state index is 0.0101. The highest BCUT2D eigenvalue weighted by Crippen LogP contribution is 2.16. The predicted octanol–water partition coefficient (Wildman–Crippen LogP) is 0.106. The molecule has 14 nitrogen and oxygen atoms in total. The van der Waals surface area contributed by atoms with Crippen LogP contribution in [0.2, 0.25) is 0 Å². The first-order valence-electron chi connectivity index (χ1n) is 8.97. The van der Waals surface area contributed by atoms with Gasteiger partial charge in [0.15, 0.2) is 18.8 Å². The normalized spacial score (nSPS) is 12.9. The van der Waals surface area contributed by atoms with E-state index in [2.05, 4.69) is 0 Å². The van der Waals surface area contributed by atoms with E-state index in [1.807, 2.05) is 0 Å². The van der Waals surface area contributed by atoms with Gasteiger partial charge in [-0.25, -0.2) is 14.4 Å². The van der Waals surface area contributed by atoms with Crippen LogP contribution in [0.1, 0.15) is 26.3 Å². The van der Waals surface area contributed by atoms with Crippen molar-refractivity contribution in [1.29, 1.82) is 0 Å². The maximum atomic E-state index is 12.4. The molecule has 0 aliphatic rings. The van der Waals surface area contributed by atoms with Gasteiger partial charge in [-0.05, 0) is 38.5 Å². The Morgan fingerprint density at radius 3 is 2.19 bits per heavy atom. The van der Waals surface area contributed by atoms with E-state index in [0.717, 1.165) is 0 Å². The first kappa shape index (κ1) is 26.3. The zero-order valence-corrected chi connectivity index (χ0v) is 17.4. The van der Waals surface area contributed by atoms with Crippen molar-refractivity contribution >= 4 is 29.6 Å². The molecule has 176 valence electrons. The van der Waals surface area contributed by atoms with Crippen LogP contribution in [-0.2, 0) is 35.3 Å². The van der Waals surface area contributed by atoms with E-state index in [1.54, 1.807) is 0 Å². The summed E-state index contributed by atoms with van der Waals surface area (Å²) in [7, 11) is 0. The number of aliphatic carboxylic acids is 1. The van der Waals surface area contributed by atoms with Crippen molar-refractivity contribution < 1.29 is 48.6 Å². The Balaban J connectivity index is 2.88. The van der Waals surface area contributed by atoms with E-state index >= 15 is 0 Å². The Kier molecular flexibility index (Phi) is 9.04. The first-order valence-corrected chi connectivity index (χ1v) is 8.97. The summed E-state index contributed by atoms with van der Waals surface area (Å²) in [4.78, 5) is 62.0. The molecule has 0 bridgehead atoms. The number of nitro groups is 1. The van der Waals surface area contributed by atoms with Gasteiger partial charge < -0.3 is 25.4 Å². The second-order valence-corrected chi connectivity index (χ2v) is 7.29. The number of benzene rings is 1. The molecule has 1 rings (SSSR count). The number of nitrogens with zero attached hydrogens (tertiary/aromatic N) is 2. The van der Waals surface area contributed by atoms with Crippen LogP contribution < -0.4 is 5.73 Å². The number of hydrogen-bond acceptors (Lipinski definition) is 10. The molecule has 0 saturated carbocycles. The monoisotopic (exact) mass is 457 g/mol. The molecule has 1 aromatic rings. The van der Waals surface area contributed by atoms with Gasteiger partial charge >= 0.3 is 18.0 Å². The van der Waals surface area contributed by atoms with Crippen molar-refractivity contribution in [3.8, 4) is 0 Å². The Labute approximate surface area is 181 Å². The molecule has 2 atom stereocenters. The van der Waals surface area contributed by atoms with Gasteiger partial charge in [0.1, 0.15) is 12.2 Å². The Morgan fingerprint density at radius 2 is 1.75 bits per heavy atom. The number of aliphatic hydroxyl groups excluding tert-OH is 1. The lowest BCUT2D eigenvalue weighted by atomic mass is 10.1. The molecule has 2 amide bonds. The van der Waals surface area contributed by atoms with E-state index in [4.69, 9.17) is 20.0 Å². The molecule has 0 fully saturated rings. The highest BCUT2D eigenvalue weighted by molar-refractivity contribution is 5.89. The zero-order valence-electron chi connectivity index (χ0n) is 17.4. The van der Waals surface area contributed by atoms with Gasteiger partial charge in [0.2, 0.25) is 5.91 Å². The number of carboxylic acids is 1. The molecule has 0 aliphatic carbocycles. The molecule has 0 radical (unpaired) electrons. The summed E-state index contributed by atoms with van der Waals surface area (Å²) < 4.78 is 9.87. The number of non-ortho nitro benzene ring substituents is 1. The average molecular weight is 457 g/mol. The largest absolute Gasteiger partial charge is 0.480 e. The Hall–Kier alpha value is -3.78. The van der Waals surface area contributed by atoms with Gasteiger partial charge in [-0.2, -0.15) is 5.06 Å². The van der Waals surface area contributed by atoms with Gasteiger partial charge in [-0.3, -0.25) is 19.7 Å². The van der Waals surface area contributed by atoms with Crippen LogP contribution in [0.3, 0.4) is 0 Å². The second kappa shape index (κ2) is 11.0. The number of nitro benzene ring substituents is 1. The third-order valence-electron chi connectivity index (χ3n) is 3.54. The van der Waals surface area contributed by atoms with Crippen LogP contribution in [0.15, 0.2) is 24.3 Å². The first-order chi connectivity index (χ1) is 14.7. The van der Waals surface area contributed by atoms with E-state index < -0.39 is 53.2 Å².